The first-order valence-electron chi connectivity index (χ1n) is 10.4. The highest BCUT2D eigenvalue weighted by molar-refractivity contribution is 7.62. The van der Waals surface area contributed by atoms with Crippen LogP contribution < -0.4 is 11.1 Å². The van der Waals surface area contributed by atoms with E-state index in [1.54, 1.807) is 6.20 Å². The Balaban J connectivity index is 1.31. The van der Waals surface area contributed by atoms with E-state index < -0.39 is 0 Å². The Morgan fingerprint density at radius 2 is 1.42 bits per heavy atom. The molecule has 5 aromatic rings. The molecule has 1 aliphatic rings. The summed E-state index contributed by atoms with van der Waals surface area (Å²) < 4.78 is 0. The summed E-state index contributed by atoms with van der Waals surface area (Å²) in [4.78, 5) is 36.8. The molecule has 3 aromatic carbocycles. The van der Waals surface area contributed by atoms with E-state index in [1.807, 2.05) is 6.07 Å². The smallest absolute Gasteiger partial charge is 0.146 e. The van der Waals surface area contributed by atoms with Gasteiger partial charge in [0.1, 0.15) is 23.2 Å². The summed E-state index contributed by atoms with van der Waals surface area (Å²) >= 11 is 0. The lowest BCUT2D eigenvalue weighted by Gasteiger charge is -2.06. The van der Waals surface area contributed by atoms with E-state index in [4.69, 9.17) is 0 Å². The number of benzene rings is 3. The summed E-state index contributed by atoms with van der Waals surface area (Å²) in [5, 5.41) is 0. The lowest BCUT2D eigenvalue weighted by atomic mass is 9.98. The minimum absolute atomic E-state index is 0.0406. The third kappa shape index (κ3) is 3.62. The van der Waals surface area contributed by atoms with E-state index in [-0.39, 0.29) is 17.2 Å². The average Bonchev–Trinajstić information content (AvgIpc) is 3.54. The Bertz CT molecular complexity index is 1550. The highest BCUT2D eigenvalue weighted by Gasteiger charge is 2.20. The van der Waals surface area contributed by atoms with Crippen LogP contribution in [0.2, 0.25) is 0 Å². The van der Waals surface area contributed by atoms with Crippen molar-refractivity contribution in [1.29, 1.82) is 0 Å². The number of carbonyl (C=O) groups is 2. The number of H-pyrrole nitrogens is 2. The van der Waals surface area contributed by atoms with E-state index in [9.17, 15) is 9.59 Å². The van der Waals surface area contributed by atoms with Crippen molar-refractivity contribution in [2.24, 2.45) is 0 Å². The highest BCUT2D eigenvalue weighted by Crippen LogP contribution is 2.40. The third-order valence-corrected chi connectivity index (χ3v) is 7.25. The standard InChI is InChI=1S/C25H18N4O2P2/c30-12-32-24-26-11-23(29-24)16-2-5-20-18(8-16)9-17-7-14(1-4-19(17)20)15-3-6-21-22(10-15)28-25(27-21)33-13-31/h1-8,10-13,32-33H,9H2,(H,26,29)(H,27,28). The van der Waals surface area contributed by atoms with Crippen LogP contribution in [0.4, 0.5) is 0 Å². The summed E-state index contributed by atoms with van der Waals surface area (Å²) in [5.41, 5.74) is 12.7. The summed E-state index contributed by atoms with van der Waals surface area (Å²) in [6, 6.07) is 21.1. The zero-order valence-electron chi connectivity index (χ0n) is 17.3. The number of rotatable bonds is 6. The molecule has 2 N–H and O–H groups in total. The number of aromatic amines is 2. The molecule has 6 nitrogen and oxygen atoms in total. The van der Waals surface area contributed by atoms with Crippen LogP contribution >= 0.6 is 17.2 Å². The zero-order valence-corrected chi connectivity index (χ0v) is 19.3. The molecule has 2 heterocycles. The number of imidazole rings is 2. The van der Waals surface area contributed by atoms with Crippen molar-refractivity contribution in [1.82, 2.24) is 19.9 Å². The maximum absolute atomic E-state index is 10.8. The second-order valence-corrected chi connectivity index (χ2v) is 9.90. The van der Waals surface area contributed by atoms with Crippen LogP contribution in [0.15, 0.2) is 60.8 Å². The van der Waals surface area contributed by atoms with Gasteiger partial charge in [0, 0.05) is 17.2 Å². The van der Waals surface area contributed by atoms with Crippen molar-refractivity contribution in [2.75, 3.05) is 0 Å². The molecule has 33 heavy (non-hydrogen) atoms. The summed E-state index contributed by atoms with van der Waals surface area (Å²) in [5.74, 6) is 0. The molecule has 0 amide bonds. The largest absolute Gasteiger partial charge is 0.338 e. The van der Waals surface area contributed by atoms with Gasteiger partial charge in [-0.1, -0.05) is 36.4 Å². The zero-order chi connectivity index (χ0) is 22.4. The normalized spacial score (nSPS) is 12.7. The minimum atomic E-state index is 0.0406. The van der Waals surface area contributed by atoms with Crippen molar-refractivity contribution in [2.45, 2.75) is 6.42 Å². The Hall–Kier alpha value is -3.46. The number of hydrogen-bond donors (Lipinski definition) is 2. The number of nitrogens with one attached hydrogen (secondary N) is 2. The Morgan fingerprint density at radius 1 is 0.758 bits per heavy atom. The lowest BCUT2D eigenvalue weighted by Crippen LogP contribution is -1.98. The van der Waals surface area contributed by atoms with Gasteiger partial charge in [0.2, 0.25) is 0 Å². The molecule has 2 atom stereocenters. The van der Waals surface area contributed by atoms with Gasteiger partial charge >= 0.3 is 0 Å². The number of aromatic nitrogens is 4. The van der Waals surface area contributed by atoms with Crippen LogP contribution in [0, 0.1) is 0 Å². The molecule has 0 radical (unpaired) electrons. The molecule has 8 heteroatoms. The first-order chi connectivity index (χ1) is 16.2. The Morgan fingerprint density at radius 3 is 2.21 bits per heavy atom. The maximum Gasteiger partial charge on any atom is 0.146 e. The van der Waals surface area contributed by atoms with Crippen LogP contribution in [0.1, 0.15) is 11.1 Å². The second-order valence-electron chi connectivity index (χ2n) is 7.91. The SMILES string of the molecule is O=CPc1ncc(-c2ccc3c(c2)Cc2cc(-c4ccc5nc(PC=O)[nH]c5c4)ccc2-3)[nH]1. The van der Waals surface area contributed by atoms with Gasteiger partial charge in [0.15, 0.2) is 0 Å². The van der Waals surface area contributed by atoms with Gasteiger partial charge < -0.3 is 9.97 Å². The molecule has 160 valence electrons. The van der Waals surface area contributed by atoms with Crippen LogP contribution in [0.25, 0.3) is 44.5 Å². The fourth-order valence-electron chi connectivity index (χ4n) is 4.47. The highest BCUT2D eigenvalue weighted by atomic mass is 31.1. The quantitative estimate of drug-likeness (QED) is 0.283. The Labute approximate surface area is 192 Å². The van der Waals surface area contributed by atoms with Crippen molar-refractivity contribution < 1.29 is 9.59 Å². The number of carbonyl (C=O) groups excluding carboxylic acids is 2. The number of nitrogens with zero attached hydrogens (tertiary/aromatic N) is 2. The van der Waals surface area contributed by atoms with Crippen molar-refractivity contribution >= 4 is 51.4 Å². The predicted octanol–water partition coefficient (Wildman–Crippen LogP) is 4.18. The fourth-order valence-corrected chi connectivity index (χ4v) is 5.43. The van der Waals surface area contributed by atoms with E-state index in [1.165, 1.54) is 22.3 Å². The van der Waals surface area contributed by atoms with E-state index >= 15 is 0 Å². The molecule has 1 aliphatic carbocycles. The molecule has 0 aliphatic heterocycles. The Kier molecular flexibility index (Phi) is 4.98. The number of fused-ring (bicyclic) bond motifs is 4. The van der Waals surface area contributed by atoms with E-state index in [0.717, 1.165) is 51.9 Å². The summed E-state index contributed by atoms with van der Waals surface area (Å²) in [6.45, 7) is 0. The molecule has 2 aromatic heterocycles. The summed E-state index contributed by atoms with van der Waals surface area (Å²) in [6.07, 6.45) is 2.67. The van der Waals surface area contributed by atoms with Gasteiger partial charge in [-0.05, 0) is 63.6 Å². The predicted molar refractivity (Wildman–Crippen MR) is 137 cm³/mol. The maximum atomic E-state index is 10.8. The molecular weight excluding hydrogens is 450 g/mol. The molecular formula is C25H18N4O2P2. The lowest BCUT2D eigenvalue weighted by molar-refractivity contribution is 0.569. The molecule has 0 fully saturated rings. The molecule has 0 spiro atoms. The first-order valence-corrected chi connectivity index (χ1v) is 12.6. The van der Waals surface area contributed by atoms with Gasteiger partial charge in [0.05, 0.1) is 22.9 Å². The summed E-state index contributed by atoms with van der Waals surface area (Å²) in [7, 11) is 0.0854. The fraction of sp³-hybridized carbons (Fsp3) is 0.0400. The van der Waals surface area contributed by atoms with E-state index in [2.05, 4.69) is 68.5 Å². The molecule has 2 unspecified atom stereocenters. The van der Waals surface area contributed by atoms with Crippen LogP contribution in [-0.2, 0) is 16.0 Å². The molecule has 0 saturated carbocycles. The monoisotopic (exact) mass is 468 g/mol. The topological polar surface area (TPSA) is 91.5 Å². The van der Waals surface area contributed by atoms with Crippen molar-refractivity contribution in [3.63, 3.8) is 0 Å². The van der Waals surface area contributed by atoms with Gasteiger partial charge in [0.25, 0.3) is 0 Å². The van der Waals surface area contributed by atoms with Crippen LogP contribution in [-0.4, -0.2) is 32.0 Å². The molecule has 6 rings (SSSR count). The minimum Gasteiger partial charge on any atom is -0.338 e. The van der Waals surface area contributed by atoms with Gasteiger partial charge in [-0.3, -0.25) is 9.59 Å². The van der Waals surface area contributed by atoms with Gasteiger partial charge in [-0.25, -0.2) is 9.97 Å². The molecule has 0 saturated heterocycles. The van der Waals surface area contributed by atoms with Gasteiger partial charge in [-0.15, -0.1) is 0 Å². The average molecular weight is 468 g/mol. The van der Waals surface area contributed by atoms with E-state index in [0.29, 0.717) is 11.1 Å². The second kappa shape index (κ2) is 8.15. The first kappa shape index (κ1) is 20.2. The molecule has 0 bridgehead atoms. The third-order valence-electron chi connectivity index (χ3n) is 5.97. The van der Waals surface area contributed by atoms with Crippen LogP contribution in [0.5, 0.6) is 0 Å². The van der Waals surface area contributed by atoms with Crippen molar-refractivity contribution in [3.05, 3.63) is 71.9 Å². The van der Waals surface area contributed by atoms with Gasteiger partial charge in [-0.2, -0.15) is 0 Å². The van der Waals surface area contributed by atoms with Crippen LogP contribution in [0.3, 0.4) is 0 Å². The number of hydrogen-bond acceptors (Lipinski definition) is 4. The van der Waals surface area contributed by atoms with Crippen molar-refractivity contribution in [3.8, 4) is 33.5 Å².